The number of hydrogen-bond donors (Lipinski definition) is 1. The summed E-state index contributed by atoms with van der Waals surface area (Å²) in [7, 11) is 0. The van der Waals surface area contributed by atoms with Crippen LogP contribution < -0.4 is 4.90 Å². The number of anilines is 1. The quantitative estimate of drug-likeness (QED) is 0.807. The van der Waals surface area contributed by atoms with E-state index in [9.17, 15) is 5.11 Å². The molecule has 0 unspecified atom stereocenters. The minimum Gasteiger partial charge on any atom is -0.393 e. The van der Waals surface area contributed by atoms with Gasteiger partial charge in [0.1, 0.15) is 0 Å². The van der Waals surface area contributed by atoms with Crippen LogP contribution in [-0.4, -0.2) is 34.4 Å². The molecule has 1 aliphatic rings. The van der Waals surface area contributed by atoms with Gasteiger partial charge in [0.05, 0.1) is 6.10 Å². The summed E-state index contributed by atoms with van der Waals surface area (Å²) in [6.45, 7) is 3.69. The SMILES string of the molecule is CCCc1noc(N2CCC(O)CC2)n1. The summed E-state index contributed by atoms with van der Waals surface area (Å²) in [4.78, 5) is 6.36. The molecule has 5 heteroatoms. The molecule has 5 nitrogen and oxygen atoms in total. The molecule has 2 heterocycles. The highest BCUT2D eigenvalue weighted by molar-refractivity contribution is 5.25. The molecule has 1 aromatic rings. The maximum absolute atomic E-state index is 9.37. The molecule has 0 aliphatic carbocycles. The van der Waals surface area contributed by atoms with Crippen LogP contribution in [0.25, 0.3) is 0 Å². The van der Waals surface area contributed by atoms with Crippen LogP contribution in [0.15, 0.2) is 4.52 Å². The Morgan fingerprint density at radius 2 is 2.20 bits per heavy atom. The Morgan fingerprint density at radius 1 is 1.47 bits per heavy atom. The average molecular weight is 211 g/mol. The molecule has 84 valence electrons. The van der Waals surface area contributed by atoms with Gasteiger partial charge in [-0.1, -0.05) is 12.1 Å². The Bertz CT molecular complexity index is 305. The molecule has 0 spiro atoms. The zero-order valence-electron chi connectivity index (χ0n) is 9.02. The minimum absolute atomic E-state index is 0.167. The van der Waals surface area contributed by atoms with Crippen LogP contribution in [0.1, 0.15) is 32.0 Å². The van der Waals surface area contributed by atoms with Crippen molar-refractivity contribution in [3.63, 3.8) is 0 Å². The van der Waals surface area contributed by atoms with Gasteiger partial charge in [-0.05, 0) is 19.3 Å². The third-order valence-electron chi connectivity index (χ3n) is 2.67. The van der Waals surface area contributed by atoms with Gasteiger partial charge in [0.15, 0.2) is 5.82 Å². The molecular weight excluding hydrogens is 194 g/mol. The summed E-state index contributed by atoms with van der Waals surface area (Å²) in [5, 5.41) is 13.3. The lowest BCUT2D eigenvalue weighted by Gasteiger charge is -2.27. The number of piperidine rings is 1. The lowest BCUT2D eigenvalue weighted by atomic mass is 10.1. The van der Waals surface area contributed by atoms with E-state index in [1.165, 1.54) is 0 Å². The van der Waals surface area contributed by atoms with E-state index < -0.39 is 0 Å². The van der Waals surface area contributed by atoms with Crippen molar-refractivity contribution < 1.29 is 9.63 Å². The van der Waals surface area contributed by atoms with Gasteiger partial charge < -0.3 is 14.5 Å². The summed E-state index contributed by atoms with van der Waals surface area (Å²) >= 11 is 0. The van der Waals surface area contributed by atoms with Crippen molar-refractivity contribution in [1.29, 1.82) is 0 Å². The Labute approximate surface area is 89.1 Å². The third kappa shape index (κ3) is 2.47. The standard InChI is InChI=1S/C10H17N3O2/c1-2-3-9-11-10(15-12-9)13-6-4-8(14)5-7-13/h8,14H,2-7H2,1H3. The maximum Gasteiger partial charge on any atom is 0.324 e. The van der Waals surface area contributed by atoms with Gasteiger partial charge >= 0.3 is 6.01 Å². The van der Waals surface area contributed by atoms with Crippen LogP contribution in [0.4, 0.5) is 6.01 Å². The molecule has 0 bridgehead atoms. The molecule has 15 heavy (non-hydrogen) atoms. The monoisotopic (exact) mass is 211 g/mol. The van der Waals surface area contributed by atoms with Gasteiger partial charge in [0.25, 0.3) is 0 Å². The number of aliphatic hydroxyl groups is 1. The van der Waals surface area contributed by atoms with Crippen molar-refractivity contribution >= 4 is 6.01 Å². The number of rotatable bonds is 3. The fourth-order valence-electron chi connectivity index (χ4n) is 1.76. The van der Waals surface area contributed by atoms with E-state index in [1.54, 1.807) is 0 Å². The molecule has 1 fully saturated rings. The predicted octanol–water partition coefficient (Wildman–Crippen LogP) is 0.983. The zero-order chi connectivity index (χ0) is 10.7. The van der Waals surface area contributed by atoms with E-state index in [0.717, 1.165) is 44.6 Å². The summed E-state index contributed by atoms with van der Waals surface area (Å²) in [5.74, 6) is 0.777. The first-order valence-corrected chi connectivity index (χ1v) is 5.55. The van der Waals surface area contributed by atoms with Crippen molar-refractivity contribution in [2.24, 2.45) is 0 Å². The van der Waals surface area contributed by atoms with Crippen LogP contribution in [0.5, 0.6) is 0 Å². The van der Waals surface area contributed by atoms with E-state index in [4.69, 9.17) is 4.52 Å². The van der Waals surface area contributed by atoms with E-state index >= 15 is 0 Å². The molecule has 1 aliphatic heterocycles. The average Bonchev–Trinajstić information content (AvgIpc) is 2.68. The second kappa shape index (κ2) is 4.61. The lowest BCUT2D eigenvalue weighted by Crippen LogP contribution is -2.35. The van der Waals surface area contributed by atoms with E-state index in [0.29, 0.717) is 6.01 Å². The van der Waals surface area contributed by atoms with Crippen LogP contribution in [0.3, 0.4) is 0 Å². The first-order valence-electron chi connectivity index (χ1n) is 5.55. The molecule has 0 amide bonds. The largest absolute Gasteiger partial charge is 0.393 e. The van der Waals surface area contributed by atoms with Crippen LogP contribution >= 0.6 is 0 Å². The van der Waals surface area contributed by atoms with Crippen molar-refractivity contribution in [3.05, 3.63) is 5.82 Å². The van der Waals surface area contributed by atoms with E-state index in [1.807, 2.05) is 4.90 Å². The summed E-state index contributed by atoms with van der Waals surface area (Å²) in [6.07, 6.45) is 3.29. The molecule has 0 atom stereocenters. The molecule has 0 aromatic carbocycles. The van der Waals surface area contributed by atoms with Crippen molar-refractivity contribution in [1.82, 2.24) is 10.1 Å². The number of aryl methyl sites for hydroxylation is 1. The number of hydrogen-bond acceptors (Lipinski definition) is 5. The van der Waals surface area contributed by atoms with Gasteiger partial charge in [-0.3, -0.25) is 0 Å². The Morgan fingerprint density at radius 3 is 2.87 bits per heavy atom. The second-order valence-corrected chi connectivity index (χ2v) is 3.96. The van der Waals surface area contributed by atoms with Crippen molar-refractivity contribution in [2.75, 3.05) is 18.0 Å². The summed E-state index contributed by atoms with van der Waals surface area (Å²) in [6, 6.07) is 0.602. The summed E-state index contributed by atoms with van der Waals surface area (Å²) in [5.41, 5.74) is 0. The molecule has 0 saturated carbocycles. The minimum atomic E-state index is -0.167. The number of aromatic nitrogens is 2. The highest BCUT2D eigenvalue weighted by Gasteiger charge is 2.21. The van der Waals surface area contributed by atoms with Gasteiger partial charge in [-0.25, -0.2) is 0 Å². The molecule has 0 radical (unpaired) electrons. The molecular formula is C10H17N3O2. The topological polar surface area (TPSA) is 62.4 Å². The van der Waals surface area contributed by atoms with Crippen molar-refractivity contribution in [3.8, 4) is 0 Å². The molecule has 2 rings (SSSR count). The van der Waals surface area contributed by atoms with Crippen molar-refractivity contribution in [2.45, 2.75) is 38.7 Å². The fourth-order valence-corrected chi connectivity index (χ4v) is 1.76. The smallest absolute Gasteiger partial charge is 0.324 e. The summed E-state index contributed by atoms with van der Waals surface area (Å²) < 4.78 is 5.18. The number of aliphatic hydroxyl groups excluding tert-OH is 1. The van der Waals surface area contributed by atoms with E-state index in [-0.39, 0.29) is 6.10 Å². The third-order valence-corrected chi connectivity index (χ3v) is 2.67. The highest BCUT2D eigenvalue weighted by Crippen LogP contribution is 2.18. The van der Waals surface area contributed by atoms with Crippen LogP contribution in [-0.2, 0) is 6.42 Å². The highest BCUT2D eigenvalue weighted by atomic mass is 16.5. The Balaban J connectivity index is 1.96. The van der Waals surface area contributed by atoms with E-state index in [2.05, 4.69) is 17.1 Å². The molecule has 1 aromatic heterocycles. The van der Waals surface area contributed by atoms with Crippen LogP contribution in [0, 0.1) is 0 Å². The molecule has 1 saturated heterocycles. The Hall–Kier alpha value is -1.10. The van der Waals surface area contributed by atoms with Gasteiger partial charge in [-0.15, -0.1) is 0 Å². The normalized spacial score (nSPS) is 18.4. The number of nitrogens with zero attached hydrogens (tertiary/aromatic N) is 3. The Kier molecular flexibility index (Phi) is 3.20. The van der Waals surface area contributed by atoms with Gasteiger partial charge in [-0.2, -0.15) is 4.98 Å². The first-order chi connectivity index (χ1) is 7.29. The fraction of sp³-hybridized carbons (Fsp3) is 0.800. The molecule has 1 N–H and O–H groups in total. The maximum atomic E-state index is 9.37. The first kappa shape index (κ1) is 10.4. The predicted molar refractivity (Wildman–Crippen MR) is 55.7 cm³/mol. The lowest BCUT2D eigenvalue weighted by molar-refractivity contribution is 0.143. The van der Waals surface area contributed by atoms with Gasteiger partial charge in [0, 0.05) is 19.5 Å². The second-order valence-electron chi connectivity index (χ2n) is 3.96. The van der Waals surface area contributed by atoms with Gasteiger partial charge in [0.2, 0.25) is 0 Å². The van der Waals surface area contributed by atoms with Crippen LogP contribution in [0.2, 0.25) is 0 Å². The zero-order valence-corrected chi connectivity index (χ0v) is 9.02.